The van der Waals surface area contributed by atoms with E-state index in [9.17, 15) is 9.59 Å². The number of ether oxygens (including phenoxy) is 2. The van der Waals surface area contributed by atoms with Gasteiger partial charge in [-0.05, 0) is 0 Å². The van der Waals surface area contributed by atoms with Crippen molar-refractivity contribution in [2.45, 2.75) is 6.10 Å². The van der Waals surface area contributed by atoms with Crippen LogP contribution in [0.3, 0.4) is 0 Å². The average Bonchev–Trinajstić information content (AvgIpc) is 2.25. The van der Waals surface area contributed by atoms with Gasteiger partial charge in [0.15, 0.2) is 0 Å². The highest BCUT2D eigenvalue weighted by Crippen LogP contribution is 2.05. The topological polar surface area (TPSA) is 67.9 Å². The number of nitrogens with zero attached hydrogens (tertiary/aromatic N) is 1. The van der Waals surface area contributed by atoms with Crippen LogP contribution in [0.2, 0.25) is 0 Å². The SMILES string of the molecule is O=C1COCC(=O)N1CC1CNCCO1. The minimum Gasteiger partial charge on any atom is -0.374 e. The normalized spacial score (nSPS) is 28.3. The van der Waals surface area contributed by atoms with Gasteiger partial charge in [-0.3, -0.25) is 14.5 Å². The molecule has 0 aromatic carbocycles. The zero-order valence-corrected chi connectivity index (χ0v) is 8.40. The molecule has 84 valence electrons. The van der Waals surface area contributed by atoms with E-state index in [1.54, 1.807) is 0 Å². The van der Waals surface area contributed by atoms with Gasteiger partial charge in [-0.1, -0.05) is 0 Å². The summed E-state index contributed by atoms with van der Waals surface area (Å²) in [4.78, 5) is 24.0. The minimum absolute atomic E-state index is 0.00805. The molecule has 2 saturated heterocycles. The number of rotatable bonds is 2. The third kappa shape index (κ3) is 2.53. The van der Waals surface area contributed by atoms with Gasteiger partial charge in [0.05, 0.1) is 19.3 Å². The molecule has 6 nitrogen and oxygen atoms in total. The molecule has 0 saturated carbocycles. The summed E-state index contributed by atoms with van der Waals surface area (Å²) in [6, 6.07) is 0. The van der Waals surface area contributed by atoms with Gasteiger partial charge < -0.3 is 14.8 Å². The van der Waals surface area contributed by atoms with Crippen LogP contribution in [-0.2, 0) is 19.1 Å². The van der Waals surface area contributed by atoms with Gasteiger partial charge >= 0.3 is 0 Å². The average molecular weight is 214 g/mol. The molecule has 0 spiro atoms. The van der Waals surface area contributed by atoms with Crippen LogP contribution >= 0.6 is 0 Å². The number of morpholine rings is 2. The first-order valence-electron chi connectivity index (χ1n) is 5.00. The summed E-state index contributed by atoms with van der Waals surface area (Å²) in [5.74, 6) is -0.555. The third-order valence-electron chi connectivity index (χ3n) is 2.44. The molecule has 2 fully saturated rings. The van der Waals surface area contributed by atoms with E-state index in [0.717, 1.165) is 6.54 Å². The Kier molecular flexibility index (Phi) is 3.30. The molecule has 6 heteroatoms. The highest BCUT2D eigenvalue weighted by molar-refractivity contribution is 5.98. The largest absolute Gasteiger partial charge is 0.374 e. The number of hydrogen-bond acceptors (Lipinski definition) is 5. The summed E-state index contributed by atoms with van der Waals surface area (Å²) in [5, 5.41) is 3.15. The monoisotopic (exact) mass is 214 g/mol. The molecular formula is C9H14N2O4. The fraction of sp³-hybridized carbons (Fsp3) is 0.778. The van der Waals surface area contributed by atoms with Crippen LogP contribution in [0.15, 0.2) is 0 Å². The lowest BCUT2D eigenvalue weighted by Crippen LogP contribution is -2.52. The van der Waals surface area contributed by atoms with E-state index >= 15 is 0 Å². The van der Waals surface area contributed by atoms with Gasteiger partial charge in [-0.15, -0.1) is 0 Å². The molecule has 2 heterocycles. The Morgan fingerprint density at radius 3 is 2.67 bits per heavy atom. The van der Waals surface area contributed by atoms with Crippen LogP contribution in [0.1, 0.15) is 0 Å². The molecule has 2 aliphatic rings. The number of carbonyl (C=O) groups excluding carboxylic acids is 2. The molecule has 2 rings (SSSR count). The summed E-state index contributed by atoms with van der Waals surface area (Å²) in [7, 11) is 0. The quantitative estimate of drug-likeness (QED) is 0.558. The Morgan fingerprint density at radius 2 is 2.07 bits per heavy atom. The van der Waals surface area contributed by atoms with Gasteiger partial charge in [0.25, 0.3) is 11.8 Å². The molecular weight excluding hydrogens is 200 g/mol. The maximum atomic E-state index is 11.4. The highest BCUT2D eigenvalue weighted by Gasteiger charge is 2.29. The smallest absolute Gasteiger partial charge is 0.255 e. The first kappa shape index (κ1) is 10.5. The Bertz CT molecular complexity index is 247. The number of carbonyl (C=O) groups is 2. The summed E-state index contributed by atoms with van der Waals surface area (Å²) < 4.78 is 10.2. The molecule has 1 N–H and O–H groups in total. The minimum atomic E-state index is -0.277. The molecule has 1 atom stereocenters. The first-order chi connectivity index (χ1) is 7.27. The standard InChI is InChI=1S/C9H14N2O4/c12-8-5-14-6-9(13)11(8)4-7-3-10-1-2-15-7/h7,10H,1-6H2. The Balaban J connectivity index is 1.90. The Hall–Kier alpha value is -0.980. The van der Waals surface area contributed by atoms with Gasteiger partial charge in [-0.25, -0.2) is 0 Å². The van der Waals surface area contributed by atoms with E-state index in [2.05, 4.69) is 5.32 Å². The van der Waals surface area contributed by atoms with Crippen molar-refractivity contribution < 1.29 is 19.1 Å². The van der Waals surface area contributed by atoms with E-state index in [0.29, 0.717) is 19.7 Å². The second-order valence-electron chi connectivity index (χ2n) is 3.59. The molecule has 15 heavy (non-hydrogen) atoms. The molecule has 0 aliphatic carbocycles. The molecule has 0 radical (unpaired) electrons. The number of nitrogens with one attached hydrogen (secondary N) is 1. The third-order valence-corrected chi connectivity index (χ3v) is 2.44. The van der Waals surface area contributed by atoms with Crippen molar-refractivity contribution in [2.75, 3.05) is 39.5 Å². The van der Waals surface area contributed by atoms with Crippen molar-refractivity contribution in [1.29, 1.82) is 0 Å². The van der Waals surface area contributed by atoms with E-state index in [-0.39, 0.29) is 31.1 Å². The number of amides is 2. The van der Waals surface area contributed by atoms with E-state index in [4.69, 9.17) is 9.47 Å². The lowest BCUT2D eigenvalue weighted by molar-refractivity contribution is -0.161. The van der Waals surface area contributed by atoms with Crippen molar-refractivity contribution in [3.05, 3.63) is 0 Å². The molecule has 0 aromatic rings. The predicted octanol–water partition coefficient (Wildman–Crippen LogP) is -1.64. The fourth-order valence-electron chi connectivity index (χ4n) is 1.66. The van der Waals surface area contributed by atoms with Crippen LogP contribution in [0.25, 0.3) is 0 Å². The van der Waals surface area contributed by atoms with Crippen LogP contribution in [-0.4, -0.2) is 62.3 Å². The van der Waals surface area contributed by atoms with Gasteiger partial charge in [0.2, 0.25) is 0 Å². The van der Waals surface area contributed by atoms with Crippen LogP contribution in [0.4, 0.5) is 0 Å². The van der Waals surface area contributed by atoms with Crippen molar-refractivity contribution in [3.63, 3.8) is 0 Å². The molecule has 1 unspecified atom stereocenters. The van der Waals surface area contributed by atoms with E-state index in [1.165, 1.54) is 4.90 Å². The summed E-state index contributed by atoms with van der Waals surface area (Å²) in [6.07, 6.45) is -0.0928. The predicted molar refractivity (Wildman–Crippen MR) is 50.1 cm³/mol. The van der Waals surface area contributed by atoms with Crippen LogP contribution in [0.5, 0.6) is 0 Å². The molecule has 0 aromatic heterocycles. The Morgan fingerprint density at radius 1 is 1.33 bits per heavy atom. The van der Waals surface area contributed by atoms with E-state index < -0.39 is 0 Å². The summed E-state index contributed by atoms with van der Waals surface area (Å²) in [6.45, 7) is 2.43. The summed E-state index contributed by atoms with van der Waals surface area (Å²) in [5.41, 5.74) is 0. The highest BCUT2D eigenvalue weighted by atomic mass is 16.5. The first-order valence-corrected chi connectivity index (χ1v) is 5.00. The van der Waals surface area contributed by atoms with Crippen molar-refractivity contribution >= 4 is 11.8 Å². The fourth-order valence-corrected chi connectivity index (χ4v) is 1.66. The number of hydrogen-bond donors (Lipinski definition) is 1. The van der Waals surface area contributed by atoms with E-state index in [1.807, 2.05) is 0 Å². The molecule has 0 bridgehead atoms. The van der Waals surface area contributed by atoms with Crippen molar-refractivity contribution in [2.24, 2.45) is 0 Å². The Labute approximate surface area is 87.5 Å². The van der Waals surface area contributed by atoms with Crippen LogP contribution in [0, 0.1) is 0 Å². The zero-order chi connectivity index (χ0) is 10.7. The van der Waals surface area contributed by atoms with Crippen LogP contribution < -0.4 is 5.32 Å². The zero-order valence-electron chi connectivity index (χ0n) is 8.40. The lowest BCUT2D eigenvalue weighted by Gasteiger charge is -2.31. The second kappa shape index (κ2) is 4.69. The van der Waals surface area contributed by atoms with Gasteiger partial charge in [0, 0.05) is 13.1 Å². The molecule has 2 amide bonds. The second-order valence-corrected chi connectivity index (χ2v) is 3.59. The number of imide groups is 1. The maximum absolute atomic E-state index is 11.4. The van der Waals surface area contributed by atoms with Crippen molar-refractivity contribution in [1.82, 2.24) is 10.2 Å². The lowest BCUT2D eigenvalue weighted by atomic mass is 10.2. The van der Waals surface area contributed by atoms with Crippen molar-refractivity contribution in [3.8, 4) is 0 Å². The maximum Gasteiger partial charge on any atom is 0.255 e. The van der Waals surface area contributed by atoms with Gasteiger partial charge in [-0.2, -0.15) is 0 Å². The summed E-state index contributed by atoms with van der Waals surface area (Å²) >= 11 is 0. The molecule has 2 aliphatic heterocycles. The van der Waals surface area contributed by atoms with Gasteiger partial charge in [0.1, 0.15) is 13.2 Å².